The fourth-order valence-electron chi connectivity index (χ4n) is 2.96. The second-order valence-electron chi connectivity index (χ2n) is 5.91. The quantitative estimate of drug-likeness (QED) is 0.745. The molecule has 0 aliphatic rings. The molecular weight excluding hydrogens is 320 g/mol. The summed E-state index contributed by atoms with van der Waals surface area (Å²) < 4.78 is 12.6. The van der Waals surface area contributed by atoms with Crippen LogP contribution in [0.15, 0.2) is 42.7 Å². The van der Waals surface area contributed by atoms with Crippen molar-refractivity contribution in [3.8, 4) is 11.5 Å². The molecule has 0 aliphatic heterocycles. The van der Waals surface area contributed by atoms with Gasteiger partial charge in [-0.3, -0.25) is 4.79 Å². The normalized spacial score (nSPS) is 12.1. The minimum absolute atomic E-state index is 0.0575. The zero-order chi connectivity index (χ0) is 18.0. The van der Waals surface area contributed by atoms with Gasteiger partial charge in [0, 0.05) is 24.4 Å². The van der Waals surface area contributed by atoms with Crippen molar-refractivity contribution in [2.45, 2.75) is 19.3 Å². The number of aromatic nitrogens is 2. The summed E-state index contributed by atoms with van der Waals surface area (Å²) in [5.74, 6) is -0.0168. The van der Waals surface area contributed by atoms with Crippen LogP contribution in [0.3, 0.4) is 0 Å². The number of pyridine rings is 1. The average molecular weight is 340 g/mol. The first kappa shape index (κ1) is 16.8. The number of hydrogen-bond acceptors (Lipinski definition) is 4. The number of ether oxygens (including phenoxy) is 2. The van der Waals surface area contributed by atoms with E-state index in [1.54, 1.807) is 26.5 Å². The van der Waals surface area contributed by atoms with Gasteiger partial charge in [-0.05, 0) is 42.3 Å². The minimum atomic E-state index is -0.881. The molecule has 0 amide bonds. The van der Waals surface area contributed by atoms with Crippen LogP contribution < -0.4 is 9.47 Å². The van der Waals surface area contributed by atoms with Crippen LogP contribution >= 0.6 is 0 Å². The van der Waals surface area contributed by atoms with Crippen molar-refractivity contribution in [2.24, 2.45) is 0 Å². The second kappa shape index (κ2) is 6.84. The van der Waals surface area contributed by atoms with Crippen LogP contribution in [0, 0.1) is 6.92 Å². The highest BCUT2D eigenvalue weighted by molar-refractivity contribution is 5.69. The number of rotatable bonds is 6. The number of aliphatic carboxylic acids is 1. The fraction of sp³-hybridized carbons (Fsp3) is 0.263. The molecule has 2 heterocycles. The summed E-state index contributed by atoms with van der Waals surface area (Å²) in [6.07, 6.45) is 3.59. The molecule has 3 rings (SSSR count). The number of benzene rings is 1. The topological polar surface area (TPSA) is 73.1 Å². The predicted molar refractivity (Wildman–Crippen MR) is 93.6 cm³/mol. The summed E-state index contributed by atoms with van der Waals surface area (Å²) >= 11 is 0. The molecule has 0 spiro atoms. The van der Waals surface area contributed by atoms with Crippen LogP contribution in [-0.2, 0) is 4.79 Å². The molecule has 6 nitrogen and oxygen atoms in total. The van der Waals surface area contributed by atoms with Crippen molar-refractivity contribution in [3.63, 3.8) is 0 Å². The van der Waals surface area contributed by atoms with Crippen LogP contribution in [-0.4, -0.2) is 34.7 Å². The van der Waals surface area contributed by atoms with Crippen LogP contribution in [0.25, 0.3) is 5.65 Å². The van der Waals surface area contributed by atoms with Crippen LogP contribution in [0.1, 0.15) is 29.2 Å². The molecule has 0 aliphatic carbocycles. The summed E-state index contributed by atoms with van der Waals surface area (Å²) in [5.41, 5.74) is 3.51. The van der Waals surface area contributed by atoms with E-state index in [0.29, 0.717) is 11.5 Å². The highest BCUT2D eigenvalue weighted by atomic mass is 16.5. The van der Waals surface area contributed by atoms with Gasteiger partial charge < -0.3 is 19.0 Å². The molecule has 1 N–H and O–H groups in total. The van der Waals surface area contributed by atoms with Gasteiger partial charge in [0.1, 0.15) is 17.1 Å². The zero-order valence-corrected chi connectivity index (χ0v) is 14.4. The predicted octanol–water partition coefficient (Wildman–Crippen LogP) is 3.27. The minimum Gasteiger partial charge on any atom is -0.497 e. The number of aryl methyl sites for hydroxylation is 1. The Kier molecular flexibility index (Phi) is 4.61. The van der Waals surface area contributed by atoms with Crippen LogP contribution in [0.5, 0.6) is 11.5 Å². The SMILES string of the molecule is COc1cc(OC)cc(C(CC(=O)O)c2cnc3cc(C)ccn23)c1. The molecule has 0 fully saturated rings. The van der Waals surface area contributed by atoms with E-state index in [-0.39, 0.29) is 12.3 Å². The van der Waals surface area contributed by atoms with E-state index in [2.05, 4.69) is 4.98 Å². The lowest BCUT2D eigenvalue weighted by molar-refractivity contribution is -0.137. The molecule has 130 valence electrons. The molecule has 1 aromatic carbocycles. The summed E-state index contributed by atoms with van der Waals surface area (Å²) in [7, 11) is 3.14. The Balaban J connectivity index is 2.16. The number of nitrogens with zero attached hydrogens (tertiary/aromatic N) is 2. The Morgan fingerprint density at radius 2 is 1.88 bits per heavy atom. The highest BCUT2D eigenvalue weighted by Crippen LogP contribution is 2.34. The smallest absolute Gasteiger partial charge is 0.304 e. The van der Waals surface area contributed by atoms with E-state index >= 15 is 0 Å². The molecule has 1 atom stereocenters. The van der Waals surface area contributed by atoms with Crippen molar-refractivity contribution in [1.82, 2.24) is 9.38 Å². The van der Waals surface area contributed by atoms with E-state index in [0.717, 1.165) is 22.5 Å². The molecule has 25 heavy (non-hydrogen) atoms. The molecule has 0 saturated carbocycles. The van der Waals surface area contributed by atoms with Crippen LogP contribution in [0.4, 0.5) is 0 Å². The lowest BCUT2D eigenvalue weighted by Crippen LogP contribution is -2.10. The average Bonchev–Trinajstić information content (AvgIpc) is 3.01. The van der Waals surface area contributed by atoms with Gasteiger partial charge in [0.15, 0.2) is 0 Å². The summed E-state index contributed by atoms with van der Waals surface area (Å²) in [5, 5.41) is 9.42. The van der Waals surface area contributed by atoms with E-state index in [1.165, 1.54) is 0 Å². The van der Waals surface area contributed by atoms with Crippen molar-refractivity contribution < 1.29 is 19.4 Å². The Labute approximate surface area is 145 Å². The molecular formula is C19H20N2O4. The third-order valence-electron chi connectivity index (χ3n) is 4.21. The molecule has 0 radical (unpaired) electrons. The molecule has 1 unspecified atom stereocenters. The van der Waals surface area contributed by atoms with Crippen LogP contribution in [0.2, 0.25) is 0 Å². The zero-order valence-electron chi connectivity index (χ0n) is 14.4. The van der Waals surface area contributed by atoms with Crippen molar-refractivity contribution in [2.75, 3.05) is 14.2 Å². The third kappa shape index (κ3) is 3.42. The molecule has 6 heteroatoms. The van der Waals surface area contributed by atoms with Gasteiger partial charge >= 0.3 is 5.97 Å². The van der Waals surface area contributed by atoms with Gasteiger partial charge in [-0.15, -0.1) is 0 Å². The Hall–Kier alpha value is -3.02. The lowest BCUT2D eigenvalue weighted by Gasteiger charge is -2.17. The van der Waals surface area contributed by atoms with Gasteiger partial charge in [0.25, 0.3) is 0 Å². The van der Waals surface area contributed by atoms with Gasteiger partial charge in [-0.25, -0.2) is 4.98 Å². The summed E-state index contributed by atoms with van der Waals surface area (Å²) in [6, 6.07) is 9.38. The van der Waals surface area contributed by atoms with E-state index in [1.807, 2.05) is 41.8 Å². The third-order valence-corrected chi connectivity index (χ3v) is 4.21. The first-order valence-electron chi connectivity index (χ1n) is 7.90. The first-order chi connectivity index (χ1) is 12.0. The summed E-state index contributed by atoms with van der Waals surface area (Å²) in [6.45, 7) is 2.00. The Morgan fingerprint density at radius 1 is 1.20 bits per heavy atom. The second-order valence-corrected chi connectivity index (χ2v) is 5.91. The van der Waals surface area contributed by atoms with E-state index in [4.69, 9.17) is 9.47 Å². The number of imidazole rings is 1. The summed E-state index contributed by atoms with van der Waals surface area (Å²) in [4.78, 5) is 15.9. The maximum atomic E-state index is 11.5. The number of methoxy groups -OCH3 is 2. The first-order valence-corrected chi connectivity index (χ1v) is 7.90. The van der Waals surface area contributed by atoms with Crippen molar-refractivity contribution in [3.05, 3.63) is 59.5 Å². The maximum Gasteiger partial charge on any atom is 0.304 e. The lowest BCUT2D eigenvalue weighted by atomic mass is 9.92. The fourth-order valence-corrected chi connectivity index (χ4v) is 2.96. The number of carboxylic acid groups (broad SMARTS) is 1. The number of hydrogen-bond donors (Lipinski definition) is 1. The monoisotopic (exact) mass is 340 g/mol. The van der Waals surface area contributed by atoms with E-state index < -0.39 is 5.97 Å². The molecule has 0 bridgehead atoms. The van der Waals surface area contributed by atoms with Crippen molar-refractivity contribution >= 4 is 11.6 Å². The number of fused-ring (bicyclic) bond motifs is 1. The van der Waals surface area contributed by atoms with E-state index in [9.17, 15) is 9.90 Å². The van der Waals surface area contributed by atoms with Gasteiger partial charge in [0.2, 0.25) is 0 Å². The highest BCUT2D eigenvalue weighted by Gasteiger charge is 2.23. The van der Waals surface area contributed by atoms with Crippen molar-refractivity contribution in [1.29, 1.82) is 0 Å². The van der Waals surface area contributed by atoms with Gasteiger partial charge in [-0.2, -0.15) is 0 Å². The number of carbonyl (C=O) groups is 1. The largest absolute Gasteiger partial charge is 0.497 e. The molecule has 3 aromatic rings. The Bertz CT molecular complexity index is 895. The Morgan fingerprint density at radius 3 is 2.48 bits per heavy atom. The van der Waals surface area contributed by atoms with Gasteiger partial charge in [0.05, 0.1) is 26.3 Å². The number of carboxylic acids is 1. The van der Waals surface area contributed by atoms with Gasteiger partial charge in [-0.1, -0.05) is 0 Å². The molecule has 0 saturated heterocycles. The maximum absolute atomic E-state index is 11.5. The standard InChI is InChI=1S/C19H20N2O4/c1-12-4-5-21-17(11-20-18(21)6-12)16(10-19(22)23)13-7-14(24-2)9-15(8-13)25-3/h4-9,11,16H,10H2,1-3H3,(H,22,23). The molecule has 2 aromatic heterocycles.